The molecule has 0 aromatic rings. The Kier molecular flexibility index (Phi) is 7.14. The van der Waals surface area contributed by atoms with Gasteiger partial charge in [-0.2, -0.15) is 0 Å². The second kappa shape index (κ2) is 8.10. The molecule has 2 nitrogen and oxygen atoms in total. The fourth-order valence-electron chi connectivity index (χ4n) is 3.24. The van der Waals surface area contributed by atoms with Crippen LogP contribution in [0.25, 0.3) is 0 Å². The van der Waals surface area contributed by atoms with Crippen LogP contribution < -0.4 is 5.32 Å². The summed E-state index contributed by atoms with van der Waals surface area (Å²) in [6.45, 7) is 8.34. The van der Waals surface area contributed by atoms with Gasteiger partial charge in [-0.15, -0.1) is 0 Å². The lowest BCUT2D eigenvalue weighted by Crippen LogP contribution is -2.50. The molecule has 2 heteroatoms. The highest BCUT2D eigenvalue weighted by molar-refractivity contribution is 4.86. The minimum atomic E-state index is 0.745. The maximum Gasteiger partial charge on any atom is 0.00979 e. The minimum Gasteiger partial charge on any atom is -0.317 e. The normalized spacial score (nSPS) is 28.2. The summed E-state index contributed by atoms with van der Waals surface area (Å²) in [7, 11) is 2.10. The van der Waals surface area contributed by atoms with Crippen LogP contribution in [0.2, 0.25) is 0 Å². The monoisotopic (exact) mass is 240 g/mol. The van der Waals surface area contributed by atoms with Crippen molar-refractivity contribution >= 4 is 0 Å². The van der Waals surface area contributed by atoms with Crippen LogP contribution in [0.4, 0.5) is 0 Å². The molecule has 1 aliphatic heterocycles. The quantitative estimate of drug-likeness (QED) is 0.733. The van der Waals surface area contributed by atoms with E-state index in [9.17, 15) is 0 Å². The maximum atomic E-state index is 3.44. The predicted molar refractivity (Wildman–Crippen MR) is 76.5 cm³/mol. The van der Waals surface area contributed by atoms with Crippen molar-refractivity contribution in [3.8, 4) is 0 Å². The number of nitrogens with one attached hydrogen (secondary N) is 1. The second-order valence-electron chi connectivity index (χ2n) is 5.68. The zero-order chi connectivity index (χ0) is 12.7. The Labute approximate surface area is 108 Å². The summed E-state index contributed by atoms with van der Waals surface area (Å²) < 4.78 is 0. The van der Waals surface area contributed by atoms with Crippen LogP contribution in [0.5, 0.6) is 0 Å². The van der Waals surface area contributed by atoms with Crippen molar-refractivity contribution in [1.82, 2.24) is 10.2 Å². The Hall–Kier alpha value is -0.0800. The van der Waals surface area contributed by atoms with E-state index in [-0.39, 0.29) is 0 Å². The third-order valence-corrected chi connectivity index (χ3v) is 4.32. The molecule has 0 aromatic carbocycles. The third-order valence-electron chi connectivity index (χ3n) is 4.32. The van der Waals surface area contributed by atoms with Crippen molar-refractivity contribution in [1.29, 1.82) is 0 Å². The summed E-state index contributed by atoms with van der Waals surface area (Å²) in [6.07, 6.45) is 9.49. The third kappa shape index (κ3) is 4.59. The van der Waals surface area contributed by atoms with E-state index >= 15 is 0 Å². The van der Waals surface area contributed by atoms with Crippen LogP contribution in [0.1, 0.15) is 65.7 Å². The average Bonchev–Trinajstić information content (AvgIpc) is 2.34. The van der Waals surface area contributed by atoms with Crippen molar-refractivity contribution in [2.45, 2.75) is 83.8 Å². The number of unbranched alkanes of at least 4 members (excludes halogenated alkanes) is 1. The van der Waals surface area contributed by atoms with Crippen LogP contribution >= 0.6 is 0 Å². The molecule has 3 unspecified atom stereocenters. The van der Waals surface area contributed by atoms with Gasteiger partial charge >= 0.3 is 0 Å². The van der Waals surface area contributed by atoms with E-state index in [1.807, 2.05) is 0 Å². The van der Waals surface area contributed by atoms with E-state index in [4.69, 9.17) is 0 Å². The van der Waals surface area contributed by atoms with E-state index in [1.165, 1.54) is 51.5 Å². The van der Waals surface area contributed by atoms with Crippen molar-refractivity contribution < 1.29 is 0 Å². The van der Waals surface area contributed by atoms with Crippen molar-refractivity contribution in [3.05, 3.63) is 0 Å². The first-order valence-corrected chi connectivity index (χ1v) is 7.65. The molecule has 3 atom stereocenters. The van der Waals surface area contributed by atoms with Gasteiger partial charge in [0.2, 0.25) is 0 Å². The van der Waals surface area contributed by atoms with Crippen LogP contribution in [0, 0.1) is 0 Å². The fraction of sp³-hybridized carbons (Fsp3) is 1.00. The molecule has 0 bridgehead atoms. The number of rotatable bonds is 7. The molecule has 0 amide bonds. The lowest BCUT2D eigenvalue weighted by Gasteiger charge is -2.42. The van der Waals surface area contributed by atoms with E-state index in [0.29, 0.717) is 0 Å². The zero-order valence-corrected chi connectivity index (χ0v) is 12.3. The number of likely N-dealkylation sites (tertiary alicyclic amines) is 1. The molecule has 17 heavy (non-hydrogen) atoms. The topological polar surface area (TPSA) is 15.3 Å². The highest BCUT2D eigenvalue weighted by atomic mass is 15.2. The summed E-state index contributed by atoms with van der Waals surface area (Å²) >= 11 is 0. The van der Waals surface area contributed by atoms with Crippen LogP contribution in [-0.2, 0) is 0 Å². The first-order valence-electron chi connectivity index (χ1n) is 7.65. The average molecular weight is 240 g/mol. The summed E-state index contributed by atoms with van der Waals surface area (Å²) in [4.78, 5) is 2.78. The molecule has 0 spiro atoms. The van der Waals surface area contributed by atoms with Gasteiger partial charge in [-0.05, 0) is 39.7 Å². The van der Waals surface area contributed by atoms with Crippen molar-refractivity contribution in [3.63, 3.8) is 0 Å². The smallest absolute Gasteiger partial charge is 0.00979 e. The van der Waals surface area contributed by atoms with Gasteiger partial charge in [-0.3, -0.25) is 4.90 Å². The Balaban J connectivity index is 2.49. The van der Waals surface area contributed by atoms with Gasteiger partial charge in [0.25, 0.3) is 0 Å². The lowest BCUT2D eigenvalue weighted by molar-refractivity contribution is 0.0782. The van der Waals surface area contributed by atoms with Crippen LogP contribution in [0.15, 0.2) is 0 Å². The van der Waals surface area contributed by atoms with E-state index in [1.54, 1.807) is 0 Å². The van der Waals surface area contributed by atoms with Gasteiger partial charge in [-0.1, -0.05) is 33.1 Å². The number of piperidine rings is 1. The van der Waals surface area contributed by atoms with E-state index in [0.717, 1.165) is 18.1 Å². The molecule has 1 fully saturated rings. The van der Waals surface area contributed by atoms with E-state index < -0.39 is 0 Å². The molecule has 0 aromatic heterocycles. The standard InChI is InChI=1S/C15H32N2/c1-5-7-9-15(8-6-2)17-11-10-14(16-4)12-13(17)3/h13-16H,5-12H2,1-4H3. The molecule has 1 rings (SSSR count). The fourth-order valence-corrected chi connectivity index (χ4v) is 3.24. The summed E-state index contributed by atoms with van der Waals surface area (Å²) in [6, 6.07) is 2.34. The van der Waals surface area contributed by atoms with Gasteiger partial charge in [0, 0.05) is 24.7 Å². The molecule has 0 radical (unpaired) electrons. The predicted octanol–water partition coefficient (Wildman–Crippen LogP) is 3.42. The first kappa shape index (κ1) is 15.0. The minimum absolute atomic E-state index is 0.745. The molecule has 1 saturated heterocycles. The van der Waals surface area contributed by atoms with Gasteiger partial charge in [-0.25, -0.2) is 0 Å². The first-order chi connectivity index (χ1) is 8.22. The summed E-state index contributed by atoms with van der Waals surface area (Å²) in [5, 5.41) is 3.44. The largest absolute Gasteiger partial charge is 0.317 e. The molecular weight excluding hydrogens is 208 g/mol. The summed E-state index contributed by atoms with van der Waals surface area (Å²) in [5.41, 5.74) is 0. The molecule has 0 saturated carbocycles. The van der Waals surface area contributed by atoms with Gasteiger partial charge in [0.1, 0.15) is 0 Å². The number of hydrogen-bond donors (Lipinski definition) is 1. The van der Waals surface area contributed by atoms with Gasteiger partial charge in [0.05, 0.1) is 0 Å². The molecular formula is C15H32N2. The summed E-state index contributed by atoms with van der Waals surface area (Å²) in [5.74, 6) is 0. The molecule has 1 N–H and O–H groups in total. The highest BCUT2D eigenvalue weighted by Gasteiger charge is 2.28. The highest BCUT2D eigenvalue weighted by Crippen LogP contribution is 2.24. The SMILES string of the molecule is CCCCC(CCC)N1CCC(NC)CC1C. The number of nitrogens with zero attached hydrogens (tertiary/aromatic N) is 1. The second-order valence-corrected chi connectivity index (χ2v) is 5.68. The maximum absolute atomic E-state index is 3.44. The van der Waals surface area contributed by atoms with Gasteiger partial charge in [0.15, 0.2) is 0 Å². The Morgan fingerprint density at radius 3 is 2.53 bits per heavy atom. The Bertz CT molecular complexity index is 193. The lowest BCUT2D eigenvalue weighted by atomic mass is 9.93. The van der Waals surface area contributed by atoms with Crippen molar-refractivity contribution in [2.24, 2.45) is 0 Å². The Morgan fingerprint density at radius 2 is 2.00 bits per heavy atom. The van der Waals surface area contributed by atoms with Gasteiger partial charge < -0.3 is 5.32 Å². The molecule has 1 heterocycles. The molecule has 1 aliphatic rings. The van der Waals surface area contributed by atoms with Crippen LogP contribution in [-0.4, -0.2) is 36.6 Å². The number of hydrogen-bond acceptors (Lipinski definition) is 2. The van der Waals surface area contributed by atoms with E-state index in [2.05, 4.69) is 38.0 Å². The van der Waals surface area contributed by atoms with Crippen molar-refractivity contribution in [2.75, 3.05) is 13.6 Å². The Morgan fingerprint density at radius 1 is 1.24 bits per heavy atom. The van der Waals surface area contributed by atoms with Crippen LogP contribution in [0.3, 0.4) is 0 Å². The zero-order valence-electron chi connectivity index (χ0n) is 12.3. The molecule has 0 aliphatic carbocycles. The molecule has 102 valence electrons.